The number of hydrogen-bond acceptors (Lipinski definition) is 5. The molecule has 0 aliphatic rings. The van der Waals surface area contributed by atoms with Gasteiger partial charge >= 0.3 is 0 Å². The molecule has 3 N–H and O–H groups in total. The van der Waals surface area contributed by atoms with Gasteiger partial charge in [-0.25, -0.2) is 4.98 Å². The van der Waals surface area contributed by atoms with Crippen molar-refractivity contribution in [3.8, 4) is 0 Å². The Labute approximate surface area is 87.4 Å². The second kappa shape index (κ2) is 3.91. The van der Waals surface area contributed by atoms with Gasteiger partial charge in [0.1, 0.15) is 5.82 Å². The molecule has 0 saturated heterocycles. The van der Waals surface area contributed by atoms with Gasteiger partial charge in [-0.1, -0.05) is 0 Å². The van der Waals surface area contributed by atoms with Gasteiger partial charge in [-0.2, -0.15) is 0 Å². The van der Waals surface area contributed by atoms with Crippen LogP contribution in [0.15, 0.2) is 30.9 Å². The molecule has 0 aliphatic carbocycles. The van der Waals surface area contributed by atoms with E-state index in [9.17, 15) is 0 Å². The first-order chi connectivity index (χ1) is 7.25. The molecule has 2 aromatic heterocycles. The Morgan fingerprint density at radius 2 is 2.07 bits per heavy atom. The van der Waals surface area contributed by atoms with E-state index in [1.807, 2.05) is 6.92 Å². The smallest absolute Gasteiger partial charge is 0.148 e. The summed E-state index contributed by atoms with van der Waals surface area (Å²) in [5, 5.41) is 3.04. The summed E-state index contributed by atoms with van der Waals surface area (Å²) in [6.45, 7) is 1.89. The zero-order valence-electron chi connectivity index (χ0n) is 8.31. The number of nitrogens with two attached hydrogens (primary N) is 1. The lowest BCUT2D eigenvalue weighted by molar-refractivity contribution is 1.18. The number of anilines is 3. The van der Waals surface area contributed by atoms with E-state index in [1.165, 1.54) is 0 Å². The van der Waals surface area contributed by atoms with Crippen molar-refractivity contribution in [2.24, 2.45) is 0 Å². The van der Waals surface area contributed by atoms with E-state index in [0.29, 0.717) is 11.5 Å². The van der Waals surface area contributed by atoms with Crippen molar-refractivity contribution >= 4 is 17.2 Å². The van der Waals surface area contributed by atoms with Crippen LogP contribution in [0.25, 0.3) is 0 Å². The zero-order chi connectivity index (χ0) is 10.7. The summed E-state index contributed by atoms with van der Waals surface area (Å²) in [5.74, 6) is 0.648. The fourth-order valence-corrected chi connectivity index (χ4v) is 1.19. The number of hydrogen-bond donors (Lipinski definition) is 2. The Balaban J connectivity index is 2.25. The summed E-state index contributed by atoms with van der Waals surface area (Å²) in [6.07, 6.45) is 6.53. The van der Waals surface area contributed by atoms with Crippen molar-refractivity contribution in [2.75, 3.05) is 11.1 Å². The van der Waals surface area contributed by atoms with Crippen LogP contribution in [-0.4, -0.2) is 15.0 Å². The first kappa shape index (κ1) is 9.39. The number of nitrogens with one attached hydrogen (secondary N) is 1. The largest absolute Gasteiger partial charge is 0.397 e. The number of nitrogen functional groups attached to an aromatic ring is 1. The third kappa shape index (κ3) is 2.19. The Morgan fingerprint density at radius 1 is 1.20 bits per heavy atom. The van der Waals surface area contributed by atoms with E-state index in [-0.39, 0.29) is 0 Å². The first-order valence-corrected chi connectivity index (χ1v) is 4.51. The van der Waals surface area contributed by atoms with Crippen molar-refractivity contribution in [3.05, 3.63) is 36.5 Å². The lowest BCUT2D eigenvalue weighted by Gasteiger charge is -2.07. The molecular weight excluding hydrogens is 190 g/mol. The molecule has 0 aliphatic heterocycles. The molecular formula is C10H11N5. The minimum Gasteiger partial charge on any atom is -0.397 e. The molecule has 2 heterocycles. The molecule has 76 valence electrons. The molecule has 0 amide bonds. The molecule has 0 aromatic carbocycles. The molecule has 0 saturated carbocycles. The third-order valence-corrected chi connectivity index (χ3v) is 1.90. The second-order valence-electron chi connectivity index (χ2n) is 3.13. The number of rotatable bonds is 2. The van der Waals surface area contributed by atoms with E-state index in [1.54, 1.807) is 30.9 Å². The van der Waals surface area contributed by atoms with Gasteiger partial charge in [0.05, 0.1) is 23.8 Å². The summed E-state index contributed by atoms with van der Waals surface area (Å²) in [7, 11) is 0. The van der Waals surface area contributed by atoms with Gasteiger partial charge in [0, 0.05) is 18.1 Å². The summed E-state index contributed by atoms with van der Waals surface area (Å²) >= 11 is 0. The SMILES string of the molecule is Cc1cc(N)c(Nc2cnccn2)cn1. The molecule has 0 bridgehead atoms. The van der Waals surface area contributed by atoms with Crippen LogP contribution < -0.4 is 11.1 Å². The Bertz CT molecular complexity index is 455. The second-order valence-corrected chi connectivity index (χ2v) is 3.13. The van der Waals surface area contributed by atoms with Gasteiger partial charge < -0.3 is 11.1 Å². The van der Waals surface area contributed by atoms with Crippen LogP contribution in [0.3, 0.4) is 0 Å². The first-order valence-electron chi connectivity index (χ1n) is 4.51. The zero-order valence-corrected chi connectivity index (χ0v) is 8.31. The average Bonchev–Trinajstić information content (AvgIpc) is 2.24. The molecule has 15 heavy (non-hydrogen) atoms. The predicted molar refractivity (Wildman–Crippen MR) is 58.7 cm³/mol. The highest BCUT2D eigenvalue weighted by atomic mass is 15.0. The monoisotopic (exact) mass is 201 g/mol. The lowest BCUT2D eigenvalue weighted by Crippen LogP contribution is -1.99. The van der Waals surface area contributed by atoms with Gasteiger partial charge in [-0.3, -0.25) is 9.97 Å². The maximum atomic E-state index is 5.82. The number of pyridine rings is 1. The summed E-state index contributed by atoms with van der Waals surface area (Å²) in [4.78, 5) is 12.2. The number of nitrogens with zero attached hydrogens (tertiary/aromatic N) is 3. The highest BCUT2D eigenvalue weighted by Gasteiger charge is 2.00. The predicted octanol–water partition coefficient (Wildman–Crippen LogP) is 1.51. The maximum Gasteiger partial charge on any atom is 0.148 e. The van der Waals surface area contributed by atoms with Crippen molar-refractivity contribution in [2.45, 2.75) is 6.92 Å². The molecule has 2 aromatic rings. The summed E-state index contributed by atoms with van der Waals surface area (Å²) < 4.78 is 0. The third-order valence-electron chi connectivity index (χ3n) is 1.90. The highest BCUT2D eigenvalue weighted by Crippen LogP contribution is 2.20. The standard InChI is InChI=1S/C10H11N5/c1-7-4-8(11)9(5-14-7)15-10-6-12-2-3-13-10/h2-6H,1H3,(H2,11,14)(H,13,15). The van der Waals surface area contributed by atoms with Gasteiger partial charge in [0.15, 0.2) is 0 Å². The molecule has 5 nitrogen and oxygen atoms in total. The van der Waals surface area contributed by atoms with E-state index in [0.717, 1.165) is 11.4 Å². The normalized spacial score (nSPS) is 9.93. The van der Waals surface area contributed by atoms with E-state index < -0.39 is 0 Å². The van der Waals surface area contributed by atoms with Crippen molar-refractivity contribution in [1.82, 2.24) is 15.0 Å². The van der Waals surface area contributed by atoms with Crippen LogP contribution in [0.4, 0.5) is 17.2 Å². The Morgan fingerprint density at radius 3 is 2.73 bits per heavy atom. The minimum absolute atomic E-state index is 0.646. The van der Waals surface area contributed by atoms with Crippen molar-refractivity contribution < 1.29 is 0 Å². The highest BCUT2D eigenvalue weighted by molar-refractivity contribution is 5.69. The molecule has 0 atom stereocenters. The van der Waals surface area contributed by atoms with E-state index in [4.69, 9.17) is 5.73 Å². The van der Waals surface area contributed by atoms with E-state index in [2.05, 4.69) is 20.3 Å². The van der Waals surface area contributed by atoms with Crippen LogP contribution in [-0.2, 0) is 0 Å². The quantitative estimate of drug-likeness (QED) is 0.770. The average molecular weight is 201 g/mol. The topological polar surface area (TPSA) is 76.7 Å². The van der Waals surface area contributed by atoms with Crippen LogP contribution >= 0.6 is 0 Å². The molecule has 0 unspecified atom stereocenters. The van der Waals surface area contributed by atoms with Gasteiger partial charge in [0.2, 0.25) is 0 Å². The number of aromatic nitrogens is 3. The molecule has 0 spiro atoms. The maximum absolute atomic E-state index is 5.82. The van der Waals surface area contributed by atoms with Gasteiger partial charge in [-0.05, 0) is 13.0 Å². The van der Waals surface area contributed by atoms with Crippen LogP contribution in [0.5, 0.6) is 0 Å². The van der Waals surface area contributed by atoms with Crippen LogP contribution in [0, 0.1) is 6.92 Å². The fraction of sp³-hybridized carbons (Fsp3) is 0.100. The fourth-order valence-electron chi connectivity index (χ4n) is 1.19. The molecule has 0 fully saturated rings. The summed E-state index contributed by atoms with van der Waals surface area (Å²) in [5.41, 5.74) is 8.09. The van der Waals surface area contributed by atoms with Crippen LogP contribution in [0.1, 0.15) is 5.69 Å². The number of aryl methyl sites for hydroxylation is 1. The van der Waals surface area contributed by atoms with Gasteiger partial charge in [-0.15, -0.1) is 0 Å². The van der Waals surface area contributed by atoms with Gasteiger partial charge in [0.25, 0.3) is 0 Å². The molecule has 0 radical (unpaired) electrons. The van der Waals surface area contributed by atoms with Crippen LogP contribution in [0.2, 0.25) is 0 Å². The Hall–Kier alpha value is -2.17. The van der Waals surface area contributed by atoms with Crippen molar-refractivity contribution in [1.29, 1.82) is 0 Å². The molecule has 5 heteroatoms. The minimum atomic E-state index is 0.646. The molecule has 2 rings (SSSR count). The van der Waals surface area contributed by atoms with Crippen molar-refractivity contribution in [3.63, 3.8) is 0 Å². The lowest BCUT2D eigenvalue weighted by atomic mass is 10.3. The van der Waals surface area contributed by atoms with E-state index >= 15 is 0 Å². The Kier molecular flexibility index (Phi) is 2.45. The summed E-state index contributed by atoms with van der Waals surface area (Å²) in [6, 6.07) is 1.80.